The van der Waals surface area contributed by atoms with E-state index in [1.165, 1.54) is 24.0 Å². The summed E-state index contributed by atoms with van der Waals surface area (Å²) in [5.41, 5.74) is 4.21. The molecule has 1 aromatic carbocycles. The van der Waals surface area contributed by atoms with Crippen molar-refractivity contribution in [2.45, 2.75) is 51.5 Å². The molecular weight excluding hydrogens is 312 g/mol. The number of amides is 1. The van der Waals surface area contributed by atoms with Gasteiger partial charge in [-0.3, -0.25) is 14.6 Å². The second kappa shape index (κ2) is 8.06. The maximum absolute atomic E-state index is 12.4. The molecule has 0 unspecified atom stereocenters. The Morgan fingerprint density at radius 3 is 2.64 bits per heavy atom. The Bertz CT molecular complexity index is 756. The minimum Gasteiger partial charge on any atom is -0.348 e. The molecule has 4 nitrogen and oxygen atoms in total. The number of nitrogens with zero attached hydrogens (tertiary/aromatic N) is 1. The normalized spacial score (nSPS) is 14.4. The van der Waals surface area contributed by atoms with Crippen LogP contribution in [0.15, 0.2) is 42.6 Å². The zero-order valence-electron chi connectivity index (χ0n) is 14.6. The van der Waals surface area contributed by atoms with Crippen molar-refractivity contribution in [3.8, 4) is 0 Å². The Morgan fingerprint density at radius 1 is 1.08 bits per heavy atom. The number of nitrogens with one attached hydrogen (secondary N) is 1. The first kappa shape index (κ1) is 17.3. The van der Waals surface area contributed by atoms with Crippen LogP contribution in [0.5, 0.6) is 0 Å². The van der Waals surface area contributed by atoms with Crippen molar-refractivity contribution in [1.82, 2.24) is 10.3 Å². The molecule has 0 spiro atoms. The smallest absolute Gasteiger partial charge is 0.220 e. The summed E-state index contributed by atoms with van der Waals surface area (Å²) < 4.78 is 0. The van der Waals surface area contributed by atoms with Crippen LogP contribution in [0.25, 0.3) is 0 Å². The van der Waals surface area contributed by atoms with Crippen LogP contribution in [0, 0.1) is 0 Å². The van der Waals surface area contributed by atoms with Gasteiger partial charge in [-0.15, -0.1) is 0 Å². The fraction of sp³-hybridized carbons (Fsp3) is 0.381. The summed E-state index contributed by atoms with van der Waals surface area (Å²) in [6.45, 7) is 1.89. The summed E-state index contributed by atoms with van der Waals surface area (Å²) >= 11 is 0. The minimum atomic E-state index is -0.160. The molecule has 0 fully saturated rings. The highest BCUT2D eigenvalue weighted by Gasteiger charge is 2.15. The summed E-state index contributed by atoms with van der Waals surface area (Å²) in [7, 11) is 0. The predicted molar refractivity (Wildman–Crippen MR) is 97.4 cm³/mol. The molecule has 4 heteroatoms. The molecule has 3 rings (SSSR count). The van der Waals surface area contributed by atoms with Gasteiger partial charge in [-0.1, -0.05) is 18.2 Å². The van der Waals surface area contributed by atoms with Crippen LogP contribution in [-0.4, -0.2) is 16.7 Å². The molecule has 1 aliphatic carbocycles. The van der Waals surface area contributed by atoms with Crippen molar-refractivity contribution in [2.24, 2.45) is 0 Å². The first-order valence-electron chi connectivity index (χ1n) is 8.99. The molecule has 1 amide bonds. The van der Waals surface area contributed by atoms with Crippen LogP contribution >= 0.6 is 0 Å². The van der Waals surface area contributed by atoms with Crippen molar-refractivity contribution < 1.29 is 9.59 Å². The summed E-state index contributed by atoms with van der Waals surface area (Å²) in [5, 5.41) is 2.90. The average Bonchev–Trinajstić information content (AvgIpc) is 2.66. The Labute approximate surface area is 148 Å². The zero-order chi connectivity index (χ0) is 17.6. The van der Waals surface area contributed by atoms with Gasteiger partial charge >= 0.3 is 0 Å². The number of aromatic nitrogens is 1. The standard InChI is InChI=1S/C21H24N2O2/c1-15(19-8-4-5-13-22-19)23-21(25)12-11-20(24)18-10-9-16-6-2-3-7-17(16)14-18/h4-5,8-10,13-15H,2-3,6-7,11-12H2,1H3,(H,23,25)/t15-/m0/s1. The molecule has 25 heavy (non-hydrogen) atoms. The highest BCUT2D eigenvalue weighted by Crippen LogP contribution is 2.23. The molecular formula is C21H24N2O2. The van der Waals surface area contributed by atoms with E-state index >= 15 is 0 Å². The van der Waals surface area contributed by atoms with E-state index in [0.717, 1.165) is 24.1 Å². The lowest BCUT2D eigenvalue weighted by Crippen LogP contribution is -2.27. The first-order valence-corrected chi connectivity index (χ1v) is 8.99. The van der Waals surface area contributed by atoms with E-state index in [-0.39, 0.29) is 30.6 Å². The molecule has 1 atom stereocenters. The molecule has 0 aliphatic heterocycles. The number of carbonyl (C=O) groups excluding carboxylic acids is 2. The van der Waals surface area contributed by atoms with E-state index in [4.69, 9.17) is 0 Å². The second-order valence-electron chi connectivity index (χ2n) is 6.66. The highest BCUT2D eigenvalue weighted by molar-refractivity contribution is 5.98. The third-order valence-corrected chi connectivity index (χ3v) is 4.76. The van der Waals surface area contributed by atoms with Crippen LogP contribution in [0.3, 0.4) is 0 Å². The van der Waals surface area contributed by atoms with Crippen molar-refractivity contribution in [2.75, 3.05) is 0 Å². The Hall–Kier alpha value is -2.49. The van der Waals surface area contributed by atoms with Gasteiger partial charge in [0, 0.05) is 24.6 Å². The zero-order valence-corrected chi connectivity index (χ0v) is 14.6. The Balaban J connectivity index is 1.52. The maximum atomic E-state index is 12.4. The van der Waals surface area contributed by atoms with Crippen molar-refractivity contribution in [1.29, 1.82) is 0 Å². The Morgan fingerprint density at radius 2 is 1.88 bits per heavy atom. The van der Waals surface area contributed by atoms with E-state index in [0.29, 0.717) is 0 Å². The van der Waals surface area contributed by atoms with Crippen LogP contribution in [0.4, 0.5) is 0 Å². The van der Waals surface area contributed by atoms with Crippen LogP contribution < -0.4 is 5.32 Å². The van der Waals surface area contributed by atoms with E-state index in [9.17, 15) is 9.59 Å². The van der Waals surface area contributed by atoms with E-state index in [1.807, 2.05) is 37.3 Å². The lowest BCUT2D eigenvalue weighted by Gasteiger charge is -2.16. The molecule has 1 N–H and O–H groups in total. The van der Waals surface area contributed by atoms with Crippen molar-refractivity contribution >= 4 is 11.7 Å². The number of aryl methyl sites for hydroxylation is 2. The molecule has 2 aromatic rings. The largest absolute Gasteiger partial charge is 0.348 e. The van der Waals surface area contributed by atoms with Gasteiger partial charge in [0.25, 0.3) is 0 Å². The van der Waals surface area contributed by atoms with Gasteiger partial charge < -0.3 is 5.32 Å². The van der Waals surface area contributed by atoms with Gasteiger partial charge in [-0.25, -0.2) is 0 Å². The number of Topliss-reactive ketones (excluding diaryl/α,β-unsaturated/α-hetero) is 1. The SMILES string of the molecule is C[C@H](NC(=O)CCC(=O)c1ccc2c(c1)CCCC2)c1ccccn1. The number of pyridine rings is 1. The number of hydrogen-bond acceptors (Lipinski definition) is 3. The van der Waals surface area contributed by atoms with Gasteiger partial charge in [-0.05, 0) is 61.9 Å². The predicted octanol–water partition coefficient (Wildman–Crippen LogP) is 3.80. The molecule has 1 aromatic heterocycles. The van der Waals surface area contributed by atoms with E-state index < -0.39 is 0 Å². The molecule has 0 saturated carbocycles. The number of benzene rings is 1. The summed E-state index contributed by atoms with van der Waals surface area (Å²) in [6, 6.07) is 11.5. The average molecular weight is 336 g/mol. The minimum absolute atomic E-state index is 0.0361. The first-order chi connectivity index (χ1) is 12.1. The highest BCUT2D eigenvalue weighted by atomic mass is 16.2. The third kappa shape index (κ3) is 4.53. The van der Waals surface area contributed by atoms with Gasteiger partial charge in [0.2, 0.25) is 5.91 Å². The lowest BCUT2D eigenvalue weighted by atomic mass is 9.89. The molecule has 0 bridgehead atoms. The van der Waals surface area contributed by atoms with Crippen LogP contribution in [0.2, 0.25) is 0 Å². The van der Waals surface area contributed by atoms with E-state index in [2.05, 4.69) is 16.4 Å². The lowest BCUT2D eigenvalue weighted by molar-refractivity contribution is -0.121. The Kier molecular flexibility index (Phi) is 5.59. The van der Waals surface area contributed by atoms with Crippen LogP contribution in [-0.2, 0) is 17.6 Å². The van der Waals surface area contributed by atoms with Crippen molar-refractivity contribution in [3.05, 3.63) is 65.0 Å². The van der Waals surface area contributed by atoms with Crippen molar-refractivity contribution in [3.63, 3.8) is 0 Å². The van der Waals surface area contributed by atoms with Gasteiger partial charge in [0.05, 0.1) is 11.7 Å². The fourth-order valence-electron chi connectivity index (χ4n) is 3.30. The molecule has 1 aliphatic rings. The quantitative estimate of drug-likeness (QED) is 0.816. The molecule has 1 heterocycles. The summed E-state index contributed by atoms with van der Waals surface area (Å²) in [6.07, 6.45) is 6.73. The van der Waals surface area contributed by atoms with Gasteiger partial charge in [-0.2, -0.15) is 0 Å². The van der Waals surface area contributed by atoms with Gasteiger partial charge in [0.15, 0.2) is 5.78 Å². The third-order valence-electron chi connectivity index (χ3n) is 4.76. The topological polar surface area (TPSA) is 59.1 Å². The number of carbonyl (C=O) groups is 2. The number of ketones is 1. The monoisotopic (exact) mass is 336 g/mol. The molecule has 0 radical (unpaired) electrons. The number of hydrogen-bond donors (Lipinski definition) is 1. The van der Waals surface area contributed by atoms with Crippen LogP contribution in [0.1, 0.15) is 65.8 Å². The fourth-order valence-corrected chi connectivity index (χ4v) is 3.30. The molecule has 130 valence electrons. The summed E-state index contributed by atoms with van der Waals surface area (Å²) in [5.74, 6) is -0.0847. The molecule has 0 saturated heterocycles. The maximum Gasteiger partial charge on any atom is 0.220 e. The number of rotatable bonds is 6. The van der Waals surface area contributed by atoms with Gasteiger partial charge in [0.1, 0.15) is 0 Å². The van der Waals surface area contributed by atoms with E-state index in [1.54, 1.807) is 6.20 Å². The second-order valence-corrected chi connectivity index (χ2v) is 6.66. The summed E-state index contributed by atoms with van der Waals surface area (Å²) in [4.78, 5) is 28.7. The number of fused-ring (bicyclic) bond motifs is 1.